The molecule has 0 aliphatic carbocycles. The molecule has 0 aliphatic rings. The van der Waals surface area contributed by atoms with E-state index >= 15 is 0 Å². The van der Waals surface area contributed by atoms with Crippen LogP contribution in [0.3, 0.4) is 0 Å². The van der Waals surface area contributed by atoms with E-state index in [0.717, 1.165) is 5.69 Å². The average Bonchev–Trinajstić information content (AvgIpc) is 2.58. The average molecular weight is 162 g/mol. The van der Waals surface area contributed by atoms with E-state index in [9.17, 15) is 0 Å². The fourth-order valence-electron chi connectivity index (χ4n) is 0.719. The summed E-state index contributed by atoms with van der Waals surface area (Å²) >= 11 is 1.53. The molecule has 0 amide bonds. The van der Waals surface area contributed by atoms with E-state index in [4.69, 9.17) is 0 Å². The lowest BCUT2D eigenvalue weighted by Gasteiger charge is -1.89. The Morgan fingerprint density at radius 1 is 1.18 bits per heavy atom. The molecule has 0 aliphatic heterocycles. The Morgan fingerprint density at radius 3 is 2.64 bits per heavy atom. The van der Waals surface area contributed by atoms with Gasteiger partial charge in [-0.25, -0.2) is 15.0 Å². The van der Waals surface area contributed by atoms with Gasteiger partial charge in [0.2, 0.25) is 0 Å². The third-order valence-electron chi connectivity index (χ3n) is 1.18. The van der Waals surface area contributed by atoms with Gasteiger partial charge in [-0.05, 0) is 0 Å². The zero-order valence-corrected chi connectivity index (χ0v) is 6.38. The molecule has 0 N–H and O–H groups in total. The highest BCUT2D eigenvalue weighted by Gasteiger charge is 1.99. The smallest absolute Gasteiger partial charge is 0.178 e. The summed E-state index contributed by atoms with van der Waals surface area (Å²) in [6.45, 7) is 0. The maximum absolute atomic E-state index is 4.07. The normalized spacial score (nSPS) is 9.82. The predicted octanol–water partition coefficient (Wildman–Crippen LogP) is 1.40. The molecule has 0 saturated carbocycles. The topological polar surface area (TPSA) is 38.7 Å². The predicted molar refractivity (Wildman–Crippen MR) is 42.0 cm³/mol. The van der Waals surface area contributed by atoms with Crippen LogP contribution < -0.4 is 0 Å². The van der Waals surface area contributed by atoms with Crippen LogP contribution in [0.4, 0.5) is 0 Å². The molecule has 3 nitrogen and oxygen atoms in total. The minimum absolute atomic E-state index is 0.657. The van der Waals surface area contributed by atoms with E-state index in [1.807, 2.05) is 5.38 Å². The summed E-state index contributed by atoms with van der Waals surface area (Å²) < 4.78 is 0. The summed E-state index contributed by atoms with van der Waals surface area (Å²) in [4.78, 5) is 12.1. The van der Waals surface area contributed by atoms with Crippen molar-refractivity contribution in [3.8, 4) is 11.5 Å². The Labute approximate surface area is 67.8 Å². The Kier molecular flexibility index (Phi) is 1.61. The third kappa shape index (κ3) is 1.25. The lowest BCUT2D eigenvalue weighted by atomic mass is 10.4. The van der Waals surface area contributed by atoms with Gasteiger partial charge in [0.15, 0.2) is 5.82 Å². The molecule has 0 aromatic carbocycles. The SMILES string of the molecule is [c]1cnc(-c2cscn2)nc1. The Balaban J connectivity index is 2.46. The van der Waals surface area contributed by atoms with Crippen molar-refractivity contribution in [2.75, 3.05) is 0 Å². The van der Waals surface area contributed by atoms with Gasteiger partial charge in [-0.15, -0.1) is 11.3 Å². The summed E-state index contributed by atoms with van der Waals surface area (Å²) in [6, 6.07) is 2.75. The van der Waals surface area contributed by atoms with E-state index in [0.29, 0.717) is 5.82 Å². The first kappa shape index (κ1) is 6.42. The van der Waals surface area contributed by atoms with E-state index in [1.54, 1.807) is 17.9 Å². The van der Waals surface area contributed by atoms with Gasteiger partial charge in [-0.2, -0.15) is 0 Å². The fourth-order valence-corrected chi connectivity index (χ4v) is 1.25. The van der Waals surface area contributed by atoms with Crippen LogP contribution in [0.25, 0.3) is 11.5 Å². The number of hydrogen-bond acceptors (Lipinski definition) is 4. The second-order valence-electron chi connectivity index (χ2n) is 1.88. The maximum atomic E-state index is 4.07. The van der Waals surface area contributed by atoms with Crippen LogP contribution in [0.5, 0.6) is 0 Å². The van der Waals surface area contributed by atoms with Crippen molar-refractivity contribution in [1.82, 2.24) is 15.0 Å². The van der Waals surface area contributed by atoms with Gasteiger partial charge in [0.05, 0.1) is 5.51 Å². The number of rotatable bonds is 1. The molecular weight excluding hydrogens is 158 g/mol. The monoisotopic (exact) mass is 162 g/mol. The molecule has 2 rings (SSSR count). The Hall–Kier alpha value is -1.29. The lowest BCUT2D eigenvalue weighted by molar-refractivity contribution is 1.15. The third-order valence-corrected chi connectivity index (χ3v) is 1.77. The van der Waals surface area contributed by atoms with Gasteiger partial charge in [-0.3, -0.25) is 0 Å². The molecule has 0 spiro atoms. The van der Waals surface area contributed by atoms with Crippen LogP contribution in [0.1, 0.15) is 0 Å². The summed E-state index contributed by atoms with van der Waals surface area (Å²) in [5.74, 6) is 0.657. The van der Waals surface area contributed by atoms with Crippen LogP contribution in [0.2, 0.25) is 0 Å². The standard InChI is InChI=1S/C7H4N3S/c1-2-8-7(9-3-1)6-4-11-5-10-6/h2-5H. The van der Waals surface area contributed by atoms with Gasteiger partial charge in [0.1, 0.15) is 5.69 Å². The van der Waals surface area contributed by atoms with Gasteiger partial charge >= 0.3 is 0 Å². The zero-order valence-electron chi connectivity index (χ0n) is 5.56. The van der Waals surface area contributed by atoms with E-state index in [2.05, 4.69) is 21.0 Å². The van der Waals surface area contributed by atoms with Gasteiger partial charge in [0.25, 0.3) is 0 Å². The molecule has 2 aromatic heterocycles. The number of thiazole rings is 1. The number of aromatic nitrogens is 3. The molecule has 0 saturated heterocycles. The molecular formula is C7H4N3S. The molecule has 0 fully saturated rings. The molecule has 1 radical (unpaired) electrons. The molecule has 11 heavy (non-hydrogen) atoms. The summed E-state index contributed by atoms with van der Waals surface area (Å²) in [7, 11) is 0. The van der Waals surface area contributed by atoms with Crippen LogP contribution >= 0.6 is 11.3 Å². The zero-order chi connectivity index (χ0) is 7.52. The van der Waals surface area contributed by atoms with Gasteiger partial charge < -0.3 is 0 Å². The first-order valence-corrected chi connectivity index (χ1v) is 3.98. The highest BCUT2D eigenvalue weighted by Crippen LogP contribution is 2.11. The minimum Gasteiger partial charge on any atom is -0.241 e. The Bertz CT molecular complexity index is 317. The van der Waals surface area contributed by atoms with E-state index in [1.165, 1.54) is 11.3 Å². The van der Waals surface area contributed by atoms with E-state index < -0.39 is 0 Å². The molecule has 0 atom stereocenters. The summed E-state index contributed by atoms with van der Waals surface area (Å²) in [6.07, 6.45) is 3.17. The van der Waals surface area contributed by atoms with Crippen molar-refractivity contribution in [1.29, 1.82) is 0 Å². The van der Waals surface area contributed by atoms with Crippen molar-refractivity contribution in [3.05, 3.63) is 29.4 Å². The Morgan fingerprint density at radius 2 is 2.00 bits per heavy atom. The van der Waals surface area contributed by atoms with E-state index in [-0.39, 0.29) is 0 Å². The van der Waals surface area contributed by atoms with Crippen LogP contribution in [-0.2, 0) is 0 Å². The fraction of sp³-hybridized carbons (Fsp3) is 0. The second-order valence-corrected chi connectivity index (χ2v) is 2.60. The molecule has 2 aromatic rings. The molecule has 2 heterocycles. The highest BCUT2D eigenvalue weighted by atomic mass is 32.1. The van der Waals surface area contributed by atoms with Crippen molar-refractivity contribution >= 4 is 11.3 Å². The van der Waals surface area contributed by atoms with Crippen molar-refractivity contribution < 1.29 is 0 Å². The summed E-state index contributed by atoms with van der Waals surface area (Å²) in [5, 5.41) is 1.91. The quantitative estimate of drug-likeness (QED) is 0.636. The lowest BCUT2D eigenvalue weighted by Crippen LogP contribution is -1.85. The largest absolute Gasteiger partial charge is 0.241 e. The molecule has 53 valence electrons. The second kappa shape index (κ2) is 2.75. The first-order chi connectivity index (χ1) is 5.47. The first-order valence-electron chi connectivity index (χ1n) is 3.03. The van der Waals surface area contributed by atoms with Gasteiger partial charge in [-0.1, -0.05) is 0 Å². The number of nitrogens with zero attached hydrogens (tertiary/aromatic N) is 3. The number of hydrogen-bond donors (Lipinski definition) is 0. The van der Waals surface area contributed by atoms with Crippen molar-refractivity contribution in [3.63, 3.8) is 0 Å². The maximum Gasteiger partial charge on any atom is 0.178 e. The molecule has 0 bridgehead atoms. The minimum atomic E-state index is 0.657. The van der Waals surface area contributed by atoms with Crippen LogP contribution in [-0.4, -0.2) is 15.0 Å². The highest BCUT2D eigenvalue weighted by molar-refractivity contribution is 7.07. The van der Waals surface area contributed by atoms with Crippen LogP contribution in [0.15, 0.2) is 23.3 Å². The van der Waals surface area contributed by atoms with Crippen LogP contribution in [0, 0.1) is 6.07 Å². The summed E-state index contributed by atoms with van der Waals surface area (Å²) in [5.41, 5.74) is 2.58. The van der Waals surface area contributed by atoms with Gasteiger partial charge in [0, 0.05) is 23.8 Å². The molecule has 4 heteroatoms. The van der Waals surface area contributed by atoms with Crippen molar-refractivity contribution in [2.45, 2.75) is 0 Å². The molecule has 0 unspecified atom stereocenters. The van der Waals surface area contributed by atoms with Crippen molar-refractivity contribution in [2.24, 2.45) is 0 Å².